The van der Waals surface area contributed by atoms with Crippen molar-refractivity contribution in [3.05, 3.63) is 94.1 Å². The van der Waals surface area contributed by atoms with Crippen LogP contribution in [0.2, 0.25) is 0 Å². The van der Waals surface area contributed by atoms with Gasteiger partial charge in [-0.25, -0.2) is 4.85 Å². The number of nitrogens with one attached hydrogen (secondary N) is 1. The van der Waals surface area contributed by atoms with E-state index in [0.717, 1.165) is 11.1 Å². The first-order valence-corrected chi connectivity index (χ1v) is 9.06. The number of benzene rings is 2. The fourth-order valence-corrected chi connectivity index (χ4v) is 2.86. The van der Waals surface area contributed by atoms with Gasteiger partial charge in [-0.2, -0.15) is 5.26 Å². The van der Waals surface area contributed by atoms with Crippen LogP contribution in [-0.4, -0.2) is 10.1 Å². The van der Waals surface area contributed by atoms with Crippen LogP contribution in [0.5, 0.6) is 5.75 Å². The Morgan fingerprint density at radius 3 is 2.45 bits per heavy atom. The SMILES string of the molecule is [C-]#[N+]c1ccc(COc2c(C)ncc(NCc3ccc(C#N)cc3)c2CO)cc1. The van der Waals surface area contributed by atoms with Crippen LogP contribution >= 0.6 is 0 Å². The van der Waals surface area contributed by atoms with Crippen molar-refractivity contribution in [2.45, 2.75) is 26.7 Å². The standard InChI is InChI=1S/C23H20N4O2/c1-16-23(29-15-19-7-9-20(25-2)10-8-19)21(14-28)22(13-26-16)27-12-18-5-3-17(11-24)4-6-18/h3-10,13,27-28H,12,14-15H2,1H3. The van der Waals surface area contributed by atoms with E-state index in [0.29, 0.717) is 47.1 Å². The van der Waals surface area contributed by atoms with Crippen molar-refractivity contribution in [1.29, 1.82) is 5.26 Å². The van der Waals surface area contributed by atoms with E-state index in [1.807, 2.05) is 31.2 Å². The van der Waals surface area contributed by atoms with E-state index in [2.05, 4.69) is 21.2 Å². The van der Waals surface area contributed by atoms with Crippen LogP contribution in [0.4, 0.5) is 11.4 Å². The highest BCUT2D eigenvalue weighted by atomic mass is 16.5. The normalized spacial score (nSPS) is 10.1. The smallest absolute Gasteiger partial charge is 0.187 e. The molecule has 144 valence electrons. The van der Waals surface area contributed by atoms with E-state index in [1.165, 1.54) is 0 Å². The Kier molecular flexibility index (Phi) is 6.42. The highest BCUT2D eigenvalue weighted by Gasteiger charge is 2.14. The number of aliphatic hydroxyl groups excluding tert-OH is 1. The monoisotopic (exact) mass is 384 g/mol. The number of anilines is 1. The molecule has 3 rings (SSSR count). The lowest BCUT2D eigenvalue weighted by atomic mass is 10.1. The van der Waals surface area contributed by atoms with Gasteiger partial charge in [-0.15, -0.1) is 0 Å². The lowest BCUT2D eigenvalue weighted by molar-refractivity contribution is 0.258. The van der Waals surface area contributed by atoms with Crippen molar-refractivity contribution in [2.24, 2.45) is 0 Å². The molecule has 0 aliphatic carbocycles. The van der Waals surface area contributed by atoms with Crippen LogP contribution in [0.1, 0.15) is 27.9 Å². The summed E-state index contributed by atoms with van der Waals surface area (Å²) in [6.45, 7) is 9.50. The zero-order chi connectivity index (χ0) is 20.6. The van der Waals surface area contributed by atoms with E-state index < -0.39 is 0 Å². The lowest BCUT2D eigenvalue weighted by Gasteiger charge is -2.17. The summed E-state index contributed by atoms with van der Waals surface area (Å²) >= 11 is 0. The molecule has 29 heavy (non-hydrogen) atoms. The molecule has 6 nitrogen and oxygen atoms in total. The zero-order valence-electron chi connectivity index (χ0n) is 16.0. The summed E-state index contributed by atoms with van der Waals surface area (Å²) in [7, 11) is 0. The van der Waals surface area contributed by atoms with Gasteiger partial charge in [0.15, 0.2) is 5.69 Å². The average Bonchev–Trinajstić information content (AvgIpc) is 2.77. The molecule has 1 aromatic heterocycles. The van der Waals surface area contributed by atoms with Crippen molar-refractivity contribution >= 4 is 11.4 Å². The molecule has 0 atom stereocenters. The Morgan fingerprint density at radius 1 is 1.14 bits per heavy atom. The number of pyridine rings is 1. The number of rotatable bonds is 7. The molecular formula is C23H20N4O2. The molecule has 0 unspecified atom stereocenters. The minimum atomic E-state index is -0.189. The molecule has 0 bridgehead atoms. The molecule has 0 saturated heterocycles. The maximum Gasteiger partial charge on any atom is 0.187 e. The fourth-order valence-electron chi connectivity index (χ4n) is 2.86. The van der Waals surface area contributed by atoms with Crippen molar-refractivity contribution in [1.82, 2.24) is 4.98 Å². The summed E-state index contributed by atoms with van der Waals surface area (Å²) in [6, 6.07) is 16.6. The van der Waals surface area contributed by atoms with Gasteiger partial charge in [0.2, 0.25) is 0 Å². The van der Waals surface area contributed by atoms with E-state index in [9.17, 15) is 5.11 Å². The van der Waals surface area contributed by atoms with Gasteiger partial charge in [0.1, 0.15) is 12.4 Å². The summed E-state index contributed by atoms with van der Waals surface area (Å²) in [6.07, 6.45) is 1.68. The first-order valence-electron chi connectivity index (χ1n) is 9.06. The minimum absolute atomic E-state index is 0.189. The van der Waals surface area contributed by atoms with Gasteiger partial charge in [-0.3, -0.25) is 4.98 Å². The number of aromatic nitrogens is 1. The third-order valence-corrected chi connectivity index (χ3v) is 4.49. The lowest BCUT2D eigenvalue weighted by Crippen LogP contribution is -2.08. The summed E-state index contributed by atoms with van der Waals surface area (Å²) < 4.78 is 5.97. The van der Waals surface area contributed by atoms with Crippen molar-refractivity contribution in [2.75, 3.05) is 5.32 Å². The van der Waals surface area contributed by atoms with Gasteiger partial charge in [0.05, 0.1) is 42.4 Å². The number of hydrogen-bond donors (Lipinski definition) is 2. The number of aliphatic hydroxyl groups is 1. The third kappa shape index (κ3) is 4.90. The van der Waals surface area contributed by atoms with Crippen LogP contribution in [-0.2, 0) is 19.8 Å². The molecule has 0 saturated carbocycles. The zero-order valence-corrected chi connectivity index (χ0v) is 16.0. The van der Waals surface area contributed by atoms with E-state index in [-0.39, 0.29) is 6.61 Å². The van der Waals surface area contributed by atoms with E-state index >= 15 is 0 Å². The van der Waals surface area contributed by atoms with Crippen LogP contribution in [0.3, 0.4) is 0 Å². The highest BCUT2D eigenvalue weighted by Crippen LogP contribution is 2.30. The van der Waals surface area contributed by atoms with Crippen LogP contribution in [0.15, 0.2) is 54.7 Å². The Morgan fingerprint density at radius 2 is 1.83 bits per heavy atom. The van der Waals surface area contributed by atoms with Gasteiger partial charge in [0.25, 0.3) is 0 Å². The number of nitriles is 1. The molecule has 0 aliphatic rings. The predicted molar refractivity (Wildman–Crippen MR) is 110 cm³/mol. The summed E-state index contributed by atoms with van der Waals surface area (Å²) in [5.74, 6) is 0.548. The maximum atomic E-state index is 9.94. The number of ether oxygens (including phenoxy) is 1. The van der Waals surface area contributed by atoms with Crippen LogP contribution in [0.25, 0.3) is 4.85 Å². The Bertz CT molecular complexity index is 1060. The maximum absolute atomic E-state index is 9.94. The molecule has 2 N–H and O–H groups in total. The quantitative estimate of drug-likeness (QED) is 0.586. The molecule has 6 heteroatoms. The van der Waals surface area contributed by atoms with Crippen LogP contribution in [0, 0.1) is 24.8 Å². The molecular weight excluding hydrogens is 364 g/mol. The van der Waals surface area contributed by atoms with E-state index in [1.54, 1.807) is 30.5 Å². The minimum Gasteiger partial charge on any atom is -0.487 e. The van der Waals surface area contributed by atoms with Gasteiger partial charge in [-0.05, 0) is 30.2 Å². The molecule has 0 spiro atoms. The fraction of sp³-hybridized carbons (Fsp3) is 0.174. The van der Waals surface area contributed by atoms with Crippen LogP contribution < -0.4 is 10.1 Å². The van der Waals surface area contributed by atoms with Gasteiger partial charge >= 0.3 is 0 Å². The molecule has 2 aromatic carbocycles. The number of nitrogens with zero attached hydrogens (tertiary/aromatic N) is 3. The third-order valence-electron chi connectivity index (χ3n) is 4.49. The molecule has 0 aliphatic heterocycles. The van der Waals surface area contributed by atoms with Gasteiger partial charge in [-0.1, -0.05) is 36.4 Å². The summed E-state index contributed by atoms with van der Waals surface area (Å²) in [4.78, 5) is 7.77. The average molecular weight is 384 g/mol. The first-order chi connectivity index (χ1) is 14.1. The molecule has 0 radical (unpaired) electrons. The number of hydrogen-bond acceptors (Lipinski definition) is 5. The summed E-state index contributed by atoms with van der Waals surface area (Å²) in [5, 5.41) is 22.1. The largest absolute Gasteiger partial charge is 0.487 e. The van der Waals surface area contributed by atoms with Gasteiger partial charge < -0.3 is 15.2 Å². The van der Waals surface area contributed by atoms with Crippen molar-refractivity contribution in [3.8, 4) is 11.8 Å². The van der Waals surface area contributed by atoms with Gasteiger partial charge in [0, 0.05) is 12.1 Å². The molecule has 0 amide bonds. The molecule has 3 aromatic rings. The second kappa shape index (κ2) is 9.36. The van der Waals surface area contributed by atoms with E-state index in [4.69, 9.17) is 16.6 Å². The second-order valence-corrected chi connectivity index (χ2v) is 6.45. The Labute approximate surface area is 169 Å². The molecule has 0 fully saturated rings. The highest BCUT2D eigenvalue weighted by molar-refractivity contribution is 5.57. The summed E-state index contributed by atoms with van der Waals surface area (Å²) in [5.41, 5.74) is 5.16. The Balaban J connectivity index is 1.74. The predicted octanol–water partition coefficient (Wildman–Crippen LogP) is 4.50. The Hall–Kier alpha value is -3.87. The topological polar surface area (TPSA) is 82.5 Å². The molecule has 1 heterocycles. The number of aryl methyl sites for hydroxylation is 1. The van der Waals surface area contributed by atoms with Crippen molar-refractivity contribution in [3.63, 3.8) is 0 Å². The first kappa shape index (κ1) is 19.9. The second-order valence-electron chi connectivity index (χ2n) is 6.45. The van der Waals surface area contributed by atoms with Crippen molar-refractivity contribution < 1.29 is 9.84 Å².